The third-order valence-corrected chi connectivity index (χ3v) is 4.91. The molecular weight excluding hydrogens is 329 g/mol. The van der Waals surface area contributed by atoms with Crippen LogP contribution in [-0.4, -0.2) is 31.2 Å². The fourth-order valence-electron chi connectivity index (χ4n) is 3.43. The van der Waals surface area contributed by atoms with Gasteiger partial charge in [0.25, 0.3) is 0 Å². The molecule has 0 fully saturated rings. The second kappa shape index (κ2) is 6.96. The molecule has 4 rings (SSSR count). The van der Waals surface area contributed by atoms with Crippen molar-refractivity contribution in [2.45, 2.75) is 40.2 Å². The minimum atomic E-state index is -0.461. The summed E-state index contributed by atoms with van der Waals surface area (Å²) in [7, 11) is 0. The molecule has 0 atom stereocenters. The molecule has 0 aliphatic carbocycles. The molecule has 4 heterocycles. The number of nitrogens with zero attached hydrogens (tertiary/aromatic N) is 5. The molecule has 5 nitrogen and oxygen atoms in total. The summed E-state index contributed by atoms with van der Waals surface area (Å²) in [6.45, 7) is 6.82. The Kier molecular flexibility index (Phi) is 4.51. The van der Waals surface area contributed by atoms with Gasteiger partial charge in [0.1, 0.15) is 12.4 Å². The van der Waals surface area contributed by atoms with Gasteiger partial charge >= 0.3 is 0 Å². The fourth-order valence-corrected chi connectivity index (χ4v) is 3.43. The number of hydrogen-bond donors (Lipinski definition) is 0. The second-order valence-corrected chi connectivity index (χ2v) is 6.80. The van der Waals surface area contributed by atoms with Gasteiger partial charge in [-0.1, -0.05) is 12.1 Å². The first-order valence-corrected chi connectivity index (χ1v) is 8.86. The van der Waals surface area contributed by atoms with Crippen molar-refractivity contribution < 1.29 is 4.39 Å². The predicted octanol–water partition coefficient (Wildman–Crippen LogP) is 3.44. The second-order valence-electron chi connectivity index (χ2n) is 6.80. The molecule has 3 aromatic heterocycles. The van der Waals surface area contributed by atoms with Crippen LogP contribution in [0.1, 0.15) is 28.2 Å². The van der Waals surface area contributed by atoms with E-state index in [4.69, 9.17) is 5.10 Å². The van der Waals surface area contributed by atoms with Crippen molar-refractivity contribution in [1.82, 2.24) is 24.6 Å². The van der Waals surface area contributed by atoms with Gasteiger partial charge in [-0.2, -0.15) is 5.10 Å². The Morgan fingerprint density at radius 2 is 2.04 bits per heavy atom. The summed E-state index contributed by atoms with van der Waals surface area (Å²) < 4.78 is 14.9. The van der Waals surface area contributed by atoms with E-state index < -0.39 is 6.67 Å². The molecule has 6 heteroatoms. The number of pyridine rings is 2. The van der Waals surface area contributed by atoms with Gasteiger partial charge in [0, 0.05) is 37.1 Å². The monoisotopic (exact) mass is 351 g/mol. The van der Waals surface area contributed by atoms with Gasteiger partial charge in [-0.05, 0) is 37.6 Å². The molecule has 0 radical (unpaired) electrons. The van der Waals surface area contributed by atoms with Gasteiger partial charge in [-0.15, -0.1) is 0 Å². The third kappa shape index (κ3) is 3.24. The van der Waals surface area contributed by atoms with Crippen LogP contribution in [0.25, 0.3) is 11.4 Å². The lowest BCUT2D eigenvalue weighted by Gasteiger charge is -2.27. The van der Waals surface area contributed by atoms with Gasteiger partial charge in [0.2, 0.25) is 0 Å². The van der Waals surface area contributed by atoms with Crippen molar-refractivity contribution in [3.8, 4) is 11.4 Å². The van der Waals surface area contributed by atoms with Gasteiger partial charge in [0.05, 0.1) is 23.6 Å². The standard InChI is InChI=1S/C20H22FN5/c1-14-4-3-7-22-20(14)19-10-18-13-25(8-9-26(18)24-19)12-17-6-5-16(11-21)15(2)23-17/h3-7,10H,8-9,11-13H2,1-2H3. The summed E-state index contributed by atoms with van der Waals surface area (Å²) in [6, 6.07) is 9.90. The van der Waals surface area contributed by atoms with Crippen molar-refractivity contribution >= 4 is 0 Å². The Balaban J connectivity index is 1.51. The number of halogens is 1. The van der Waals surface area contributed by atoms with Crippen molar-refractivity contribution in [1.29, 1.82) is 0 Å². The van der Waals surface area contributed by atoms with Gasteiger partial charge < -0.3 is 0 Å². The van der Waals surface area contributed by atoms with Crippen LogP contribution in [0.4, 0.5) is 4.39 Å². The zero-order valence-electron chi connectivity index (χ0n) is 15.1. The minimum Gasteiger partial charge on any atom is -0.290 e. The number of aromatic nitrogens is 4. The maximum Gasteiger partial charge on any atom is 0.116 e. The quantitative estimate of drug-likeness (QED) is 0.722. The number of hydrogen-bond acceptors (Lipinski definition) is 4. The zero-order valence-corrected chi connectivity index (χ0v) is 15.1. The van der Waals surface area contributed by atoms with Crippen molar-refractivity contribution in [2.24, 2.45) is 0 Å². The third-order valence-electron chi connectivity index (χ3n) is 4.91. The average Bonchev–Trinajstić information content (AvgIpc) is 3.05. The van der Waals surface area contributed by atoms with Crippen LogP contribution in [0.15, 0.2) is 36.5 Å². The van der Waals surface area contributed by atoms with Crippen LogP contribution in [0.5, 0.6) is 0 Å². The Hall–Kier alpha value is -2.60. The predicted molar refractivity (Wildman–Crippen MR) is 98.1 cm³/mol. The lowest BCUT2D eigenvalue weighted by Crippen LogP contribution is -2.33. The largest absolute Gasteiger partial charge is 0.290 e. The van der Waals surface area contributed by atoms with E-state index in [1.807, 2.05) is 31.3 Å². The normalized spacial score (nSPS) is 14.4. The highest BCUT2D eigenvalue weighted by Crippen LogP contribution is 2.23. The summed E-state index contributed by atoms with van der Waals surface area (Å²) >= 11 is 0. The molecule has 1 aliphatic heterocycles. The lowest BCUT2D eigenvalue weighted by atomic mass is 10.1. The van der Waals surface area contributed by atoms with E-state index in [1.54, 1.807) is 0 Å². The van der Waals surface area contributed by atoms with E-state index in [0.717, 1.165) is 54.5 Å². The average molecular weight is 351 g/mol. The molecule has 0 aromatic carbocycles. The van der Waals surface area contributed by atoms with Crippen LogP contribution in [0.3, 0.4) is 0 Å². The summed E-state index contributed by atoms with van der Waals surface area (Å²) in [6.07, 6.45) is 1.81. The van der Waals surface area contributed by atoms with Crippen LogP contribution in [0, 0.1) is 13.8 Å². The topological polar surface area (TPSA) is 46.8 Å². The van der Waals surface area contributed by atoms with Crippen LogP contribution in [0.2, 0.25) is 0 Å². The highest BCUT2D eigenvalue weighted by atomic mass is 19.1. The zero-order chi connectivity index (χ0) is 18.1. The van der Waals surface area contributed by atoms with E-state index in [-0.39, 0.29) is 0 Å². The van der Waals surface area contributed by atoms with Crippen LogP contribution in [-0.2, 0) is 26.3 Å². The van der Waals surface area contributed by atoms with Gasteiger partial charge in [0.15, 0.2) is 0 Å². The van der Waals surface area contributed by atoms with Gasteiger partial charge in [-0.3, -0.25) is 19.5 Å². The Morgan fingerprint density at radius 1 is 1.15 bits per heavy atom. The number of fused-ring (bicyclic) bond motifs is 1. The smallest absolute Gasteiger partial charge is 0.116 e. The van der Waals surface area contributed by atoms with E-state index >= 15 is 0 Å². The summed E-state index contributed by atoms with van der Waals surface area (Å²) in [5.41, 5.74) is 6.62. The SMILES string of the molecule is Cc1cccnc1-c1cc2n(n1)CCN(Cc1ccc(CF)c(C)n1)C2. The molecule has 0 saturated heterocycles. The van der Waals surface area contributed by atoms with E-state index in [2.05, 4.69) is 38.6 Å². The Labute approximate surface area is 152 Å². The minimum absolute atomic E-state index is 0.461. The molecule has 0 spiro atoms. The van der Waals surface area contributed by atoms with Crippen molar-refractivity contribution in [2.75, 3.05) is 6.54 Å². The van der Waals surface area contributed by atoms with E-state index in [1.165, 1.54) is 5.69 Å². The maximum atomic E-state index is 12.8. The van der Waals surface area contributed by atoms with Crippen molar-refractivity contribution in [3.63, 3.8) is 0 Å². The molecule has 3 aromatic rings. The lowest BCUT2D eigenvalue weighted by molar-refractivity contribution is 0.203. The summed E-state index contributed by atoms with van der Waals surface area (Å²) in [5, 5.41) is 4.73. The summed E-state index contributed by atoms with van der Waals surface area (Å²) in [4.78, 5) is 11.4. The summed E-state index contributed by atoms with van der Waals surface area (Å²) in [5.74, 6) is 0. The first kappa shape index (κ1) is 16.8. The molecular formula is C20H22FN5. The number of rotatable bonds is 4. The molecule has 0 bridgehead atoms. The van der Waals surface area contributed by atoms with E-state index in [9.17, 15) is 4.39 Å². The molecule has 0 saturated carbocycles. The molecule has 134 valence electrons. The molecule has 1 aliphatic rings. The van der Waals surface area contributed by atoms with Crippen LogP contribution < -0.4 is 0 Å². The van der Waals surface area contributed by atoms with Crippen LogP contribution >= 0.6 is 0 Å². The fraction of sp³-hybridized carbons (Fsp3) is 0.350. The molecule has 26 heavy (non-hydrogen) atoms. The molecule has 0 unspecified atom stereocenters. The first-order chi connectivity index (χ1) is 12.6. The first-order valence-electron chi connectivity index (χ1n) is 8.86. The Bertz CT molecular complexity index is 934. The van der Waals surface area contributed by atoms with Crippen molar-refractivity contribution in [3.05, 3.63) is 64.7 Å². The molecule has 0 amide bonds. The number of alkyl halides is 1. The highest BCUT2D eigenvalue weighted by molar-refractivity contribution is 5.58. The molecule has 0 N–H and O–H groups in total. The van der Waals surface area contributed by atoms with E-state index in [0.29, 0.717) is 5.56 Å². The van der Waals surface area contributed by atoms with Gasteiger partial charge in [-0.25, -0.2) is 4.39 Å². The maximum absolute atomic E-state index is 12.8. The Morgan fingerprint density at radius 3 is 2.81 bits per heavy atom. The highest BCUT2D eigenvalue weighted by Gasteiger charge is 2.20. The number of aryl methyl sites for hydroxylation is 2.